The smallest absolute Gasteiger partial charge is 0.360 e. The van der Waals surface area contributed by atoms with Crippen molar-refractivity contribution in [1.29, 1.82) is 0 Å². The van der Waals surface area contributed by atoms with E-state index < -0.39 is 5.97 Å². The van der Waals surface area contributed by atoms with Gasteiger partial charge in [-0.05, 0) is 17.7 Å². The number of carbonyl (C=O) groups is 1. The zero-order valence-electron chi connectivity index (χ0n) is 15.7. The molecular weight excluding hydrogens is 388 g/mol. The summed E-state index contributed by atoms with van der Waals surface area (Å²) in [5, 5.41) is 10.6. The average Bonchev–Trinajstić information content (AvgIpc) is 3.42. The fraction of sp³-hybridized carbons (Fsp3) is 0.143. The van der Waals surface area contributed by atoms with E-state index in [9.17, 15) is 4.79 Å². The second-order valence-electron chi connectivity index (χ2n) is 6.21. The number of thiazole rings is 1. The van der Waals surface area contributed by atoms with Gasteiger partial charge in [0.15, 0.2) is 5.69 Å². The Bertz CT molecular complexity index is 1110. The molecule has 0 aliphatic carbocycles. The van der Waals surface area contributed by atoms with Crippen LogP contribution >= 0.6 is 11.3 Å². The Morgan fingerprint density at radius 3 is 2.72 bits per heavy atom. The highest BCUT2D eigenvalue weighted by Gasteiger charge is 2.15. The van der Waals surface area contributed by atoms with Crippen molar-refractivity contribution < 1.29 is 14.3 Å². The van der Waals surface area contributed by atoms with E-state index in [1.165, 1.54) is 11.3 Å². The Kier molecular flexibility index (Phi) is 5.62. The number of hydrogen-bond acceptors (Lipinski definition) is 7. The Hall–Kier alpha value is -3.52. The third-order valence-electron chi connectivity index (χ3n) is 4.18. The van der Waals surface area contributed by atoms with Gasteiger partial charge < -0.3 is 9.47 Å². The van der Waals surface area contributed by atoms with Crippen LogP contribution in [0.25, 0.3) is 10.6 Å². The standard InChI is InChI=1S/C21H18N4O3S/c1-27-19-10-6-5-9-17(19)20-22-16(14-29-20)13-28-21(26)18-12-25(24-23-18)11-15-7-3-2-4-8-15/h2-10,12,14H,11,13H2,1H3. The first-order chi connectivity index (χ1) is 14.2. The maximum Gasteiger partial charge on any atom is 0.360 e. The summed E-state index contributed by atoms with van der Waals surface area (Å²) in [7, 11) is 1.63. The van der Waals surface area contributed by atoms with Gasteiger partial charge in [0, 0.05) is 5.38 Å². The lowest BCUT2D eigenvalue weighted by Crippen LogP contribution is -2.06. The summed E-state index contributed by atoms with van der Waals surface area (Å²) >= 11 is 1.47. The highest BCUT2D eigenvalue weighted by atomic mass is 32.1. The molecule has 2 aromatic heterocycles. The molecule has 146 valence electrons. The molecule has 4 rings (SSSR count). The van der Waals surface area contributed by atoms with Crippen molar-refractivity contribution in [3.05, 3.63) is 83.1 Å². The molecular formula is C21H18N4O3S. The van der Waals surface area contributed by atoms with E-state index in [-0.39, 0.29) is 12.3 Å². The lowest BCUT2D eigenvalue weighted by Gasteiger charge is -2.04. The number of hydrogen-bond donors (Lipinski definition) is 0. The molecule has 2 heterocycles. The molecule has 0 atom stereocenters. The number of rotatable bonds is 7. The van der Waals surface area contributed by atoms with Gasteiger partial charge in [-0.25, -0.2) is 14.5 Å². The van der Waals surface area contributed by atoms with Crippen molar-refractivity contribution in [1.82, 2.24) is 20.0 Å². The van der Waals surface area contributed by atoms with Gasteiger partial charge in [-0.1, -0.05) is 47.7 Å². The Morgan fingerprint density at radius 1 is 1.10 bits per heavy atom. The van der Waals surface area contributed by atoms with Crippen molar-refractivity contribution in [3.63, 3.8) is 0 Å². The number of nitrogens with zero attached hydrogens (tertiary/aromatic N) is 4. The van der Waals surface area contributed by atoms with E-state index in [1.54, 1.807) is 18.0 Å². The van der Waals surface area contributed by atoms with Crippen LogP contribution in [-0.2, 0) is 17.9 Å². The number of aromatic nitrogens is 4. The summed E-state index contributed by atoms with van der Waals surface area (Å²) in [6.07, 6.45) is 1.58. The lowest BCUT2D eigenvalue weighted by molar-refractivity contribution is 0.0461. The first-order valence-electron chi connectivity index (χ1n) is 8.92. The number of methoxy groups -OCH3 is 1. The van der Waals surface area contributed by atoms with Crippen LogP contribution in [0.15, 0.2) is 66.2 Å². The van der Waals surface area contributed by atoms with Crippen LogP contribution in [0.4, 0.5) is 0 Å². The third-order valence-corrected chi connectivity index (χ3v) is 5.10. The average molecular weight is 406 g/mol. The largest absolute Gasteiger partial charge is 0.496 e. The first-order valence-corrected chi connectivity index (χ1v) is 9.80. The van der Waals surface area contributed by atoms with Gasteiger partial charge in [-0.2, -0.15) is 0 Å². The minimum Gasteiger partial charge on any atom is -0.496 e. The SMILES string of the molecule is COc1ccccc1-c1nc(COC(=O)c2cn(Cc3ccccc3)nn2)cs1. The van der Waals surface area contributed by atoms with E-state index in [0.29, 0.717) is 12.2 Å². The fourth-order valence-corrected chi connectivity index (χ4v) is 3.61. The maximum absolute atomic E-state index is 12.3. The fourth-order valence-electron chi connectivity index (χ4n) is 2.77. The quantitative estimate of drug-likeness (QED) is 0.434. The van der Waals surface area contributed by atoms with Crippen molar-refractivity contribution in [3.8, 4) is 16.3 Å². The summed E-state index contributed by atoms with van der Waals surface area (Å²) in [4.78, 5) is 16.8. The summed E-state index contributed by atoms with van der Waals surface area (Å²) < 4.78 is 12.3. The van der Waals surface area contributed by atoms with E-state index in [2.05, 4.69) is 15.3 Å². The van der Waals surface area contributed by atoms with Gasteiger partial charge in [-0.15, -0.1) is 16.4 Å². The van der Waals surface area contributed by atoms with Crippen molar-refractivity contribution >= 4 is 17.3 Å². The lowest BCUT2D eigenvalue weighted by atomic mass is 10.2. The van der Waals surface area contributed by atoms with Crippen LogP contribution in [0.3, 0.4) is 0 Å². The zero-order chi connectivity index (χ0) is 20.1. The molecule has 0 bridgehead atoms. The van der Waals surface area contributed by atoms with Crippen molar-refractivity contribution in [2.24, 2.45) is 0 Å². The summed E-state index contributed by atoms with van der Waals surface area (Å²) in [6, 6.07) is 17.5. The van der Waals surface area contributed by atoms with E-state index in [4.69, 9.17) is 9.47 Å². The normalized spacial score (nSPS) is 10.7. The monoisotopic (exact) mass is 406 g/mol. The number of carbonyl (C=O) groups excluding carboxylic acids is 1. The van der Waals surface area contributed by atoms with Crippen molar-refractivity contribution in [2.75, 3.05) is 7.11 Å². The van der Waals surface area contributed by atoms with Gasteiger partial charge in [0.25, 0.3) is 0 Å². The Labute approximate surface area is 171 Å². The van der Waals surface area contributed by atoms with Gasteiger partial charge in [0.1, 0.15) is 17.4 Å². The molecule has 0 aliphatic heterocycles. The molecule has 0 amide bonds. The highest BCUT2D eigenvalue weighted by molar-refractivity contribution is 7.13. The van der Waals surface area contributed by atoms with Crippen LogP contribution in [0.5, 0.6) is 5.75 Å². The molecule has 29 heavy (non-hydrogen) atoms. The molecule has 0 saturated carbocycles. The van der Waals surface area contributed by atoms with Gasteiger partial charge in [0.2, 0.25) is 0 Å². The molecule has 7 nitrogen and oxygen atoms in total. The van der Waals surface area contributed by atoms with Crippen LogP contribution in [-0.4, -0.2) is 33.1 Å². The zero-order valence-corrected chi connectivity index (χ0v) is 16.5. The van der Waals surface area contributed by atoms with Crippen LogP contribution in [0, 0.1) is 0 Å². The number of esters is 1. The van der Waals surface area contributed by atoms with E-state index in [0.717, 1.165) is 21.9 Å². The molecule has 0 saturated heterocycles. The maximum atomic E-state index is 12.3. The van der Waals surface area contributed by atoms with Crippen LogP contribution in [0.2, 0.25) is 0 Å². The van der Waals surface area contributed by atoms with Gasteiger partial charge in [-0.3, -0.25) is 0 Å². The molecule has 8 heteroatoms. The van der Waals surface area contributed by atoms with Crippen molar-refractivity contribution in [2.45, 2.75) is 13.2 Å². The summed E-state index contributed by atoms with van der Waals surface area (Å²) in [5.41, 5.74) is 2.81. The minimum absolute atomic E-state index is 0.0655. The molecule has 0 N–H and O–H groups in total. The second-order valence-corrected chi connectivity index (χ2v) is 7.07. The number of ether oxygens (including phenoxy) is 2. The van der Waals surface area contributed by atoms with E-state index >= 15 is 0 Å². The molecule has 0 unspecified atom stereocenters. The minimum atomic E-state index is -0.531. The number of benzene rings is 2. The molecule has 0 aliphatic rings. The predicted octanol–water partition coefficient (Wildman–Crippen LogP) is 3.82. The Balaban J connectivity index is 1.37. The molecule has 0 radical (unpaired) electrons. The van der Waals surface area contributed by atoms with Crippen LogP contribution < -0.4 is 4.74 Å². The molecule has 0 fully saturated rings. The Morgan fingerprint density at radius 2 is 1.90 bits per heavy atom. The predicted molar refractivity (Wildman–Crippen MR) is 109 cm³/mol. The highest BCUT2D eigenvalue weighted by Crippen LogP contribution is 2.31. The molecule has 4 aromatic rings. The van der Waals surface area contributed by atoms with Crippen LogP contribution in [0.1, 0.15) is 21.7 Å². The van der Waals surface area contributed by atoms with E-state index in [1.807, 2.05) is 60.0 Å². The third kappa shape index (κ3) is 4.49. The second kappa shape index (κ2) is 8.66. The number of para-hydroxylation sites is 1. The molecule has 0 spiro atoms. The summed E-state index contributed by atoms with van der Waals surface area (Å²) in [6.45, 7) is 0.603. The van der Waals surface area contributed by atoms with Gasteiger partial charge >= 0.3 is 5.97 Å². The summed E-state index contributed by atoms with van der Waals surface area (Å²) in [5.74, 6) is 0.219. The van der Waals surface area contributed by atoms with Gasteiger partial charge in [0.05, 0.1) is 31.1 Å². The molecule has 2 aromatic carbocycles. The topological polar surface area (TPSA) is 79.1 Å². The first kappa shape index (κ1) is 18.8.